The smallest absolute Gasteiger partial charge is 0.224 e. The van der Waals surface area contributed by atoms with Crippen molar-refractivity contribution in [3.05, 3.63) is 60.0 Å². The predicted octanol–water partition coefficient (Wildman–Crippen LogP) is 2.05. The van der Waals surface area contributed by atoms with Crippen molar-refractivity contribution >= 4 is 11.6 Å². The average molecular weight is 479 g/mol. The van der Waals surface area contributed by atoms with Gasteiger partial charge in [-0.25, -0.2) is 5.43 Å². The highest BCUT2D eigenvalue weighted by atomic mass is 16.5. The number of piperazine rings is 1. The molecular formula is C27H38N6O2. The molecule has 1 amide bonds. The maximum Gasteiger partial charge on any atom is 0.224 e. The van der Waals surface area contributed by atoms with E-state index in [-0.39, 0.29) is 24.0 Å². The molecule has 3 atom stereocenters. The van der Waals surface area contributed by atoms with Gasteiger partial charge >= 0.3 is 0 Å². The van der Waals surface area contributed by atoms with Crippen molar-refractivity contribution in [3.63, 3.8) is 0 Å². The van der Waals surface area contributed by atoms with Crippen molar-refractivity contribution in [1.82, 2.24) is 26.0 Å². The first-order chi connectivity index (χ1) is 17.0. The Balaban J connectivity index is 1.19. The van der Waals surface area contributed by atoms with Crippen molar-refractivity contribution in [2.75, 3.05) is 51.3 Å². The minimum absolute atomic E-state index is 0.0624. The number of fused-ring (bicyclic) bond motifs is 3. The molecule has 1 aromatic rings. The van der Waals surface area contributed by atoms with Gasteiger partial charge in [0.1, 0.15) is 11.9 Å². The second-order valence-electron chi connectivity index (χ2n) is 10.1. The van der Waals surface area contributed by atoms with Crippen molar-refractivity contribution in [2.45, 2.75) is 32.5 Å². The lowest BCUT2D eigenvalue weighted by atomic mass is 9.73. The maximum atomic E-state index is 12.4. The number of hydrogen-bond donors (Lipinski definition) is 3. The van der Waals surface area contributed by atoms with Crippen LogP contribution in [0.15, 0.2) is 60.0 Å². The van der Waals surface area contributed by atoms with E-state index < -0.39 is 0 Å². The first-order valence-corrected chi connectivity index (χ1v) is 12.8. The fourth-order valence-electron chi connectivity index (χ4n) is 5.78. The molecule has 3 N–H and O–H groups in total. The van der Waals surface area contributed by atoms with E-state index in [2.05, 4.69) is 75.2 Å². The molecule has 1 aromatic carbocycles. The predicted molar refractivity (Wildman–Crippen MR) is 139 cm³/mol. The van der Waals surface area contributed by atoms with E-state index in [0.29, 0.717) is 12.3 Å². The highest BCUT2D eigenvalue weighted by Gasteiger charge is 2.43. The molecule has 5 rings (SSSR count). The molecule has 4 aliphatic rings. The topological polar surface area (TPSA) is 72.1 Å². The summed E-state index contributed by atoms with van der Waals surface area (Å²) in [4.78, 5) is 17.3. The monoisotopic (exact) mass is 478 g/mol. The van der Waals surface area contributed by atoms with Crippen LogP contribution in [-0.2, 0) is 4.79 Å². The van der Waals surface area contributed by atoms with Crippen molar-refractivity contribution in [3.8, 4) is 5.75 Å². The average Bonchev–Trinajstić information content (AvgIpc) is 2.88. The van der Waals surface area contributed by atoms with Gasteiger partial charge < -0.3 is 20.3 Å². The molecule has 2 fully saturated rings. The van der Waals surface area contributed by atoms with Crippen LogP contribution in [0, 0.1) is 11.8 Å². The Morgan fingerprint density at radius 3 is 2.74 bits per heavy atom. The van der Waals surface area contributed by atoms with Gasteiger partial charge in [-0.1, -0.05) is 32.1 Å². The fraction of sp³-hybridized carbons (Fsp3) is 0.519. The summed E-state index contributed by atoms with van der Waals surface area (Å²) in [6, 6.07) is 8.38. The normalized spacial score (nSPS) is 26.4. The number of carbonyl (C=O) groups is 1. The zero-order valence-electron chi connectivity index (χ0n) is 21.0. The molecule has 35 heavy (non-hydrogen) atoms. The molecule has 0 radical (unpaired) electrons. The largest absolute Gasteiger partial charge is 0.495 e. The van der Waals surface area contributed by atoms with E-state index >= 15 is 0 Å². The quantitative estimate of drug-likeness (QED) is 0.554. The molecule has 0 aromatic heterocycles. The maximum absolute atomic E-state index is 12.4. The van der Waals surface area contributed by atoms with Crippen LogP contribution < -0.4 is 25.7 Å². The van der Waals surface area contributed by atoms with Crippen LogP contribution in [0.3, 0.4) is 0 Å². The van der Waals surface area contributed by atoms with Crippen LogP contribution in [0.4, 0.5) is 5.69 Å². The molecule has 0 aliphatic carbocycles. The van der Waals surface area contributed by atoms with Crippen LogP contribution in [0.2, 0.25) is 0 Å². The number of nitrogens with one attached hydrogen (secondary N) is 3. The third-order valence-corrected chi connectivity index (χ3v) is 7.59. The van der Waals surface area contributed by atoms with Gasteiger partial charge in [0, 0.05) is 57.4 Å². The van der Waals surface area contributed by atoms with Crippen molar-refractivity contribution in [1.29, 1.82) is 0 Å². The number of piperidine rings is 1. The zero-order valence-corrected chi connectivity index (χ0v) is 21.0. The van der Waals surface area contributed by atoms with Crippen LogP contribution in [0.5, 0.6) is 5.75 Å². The number of hydrogen-bond acceptors (Lipinski definition) is 7. The molecular weight excluding hydrogens is 440 g/mol. The summed E-state index contributed by atoms with van der Waals surface area (Å²) < 4.78 is 5.55. The number of rotatable bonds is 7. The Morgan fingerprint density at radius 2 is 1.97 bits per heavy atom. The van der Waals surface area contributed by atoms with Gasteiger partial charge in [-0.3, -0.25) is 14.7 Å². The summed E-state index contributed by atoms with van der Waals surface area (Å²) in [6.45, 7) is 10.2. The van der Waals surface area contributed by atoms with Gasteiger partial charge in [-0.2, -0.15) is 0 Å². The third kappa shape index (κ3) is 4.90. The summed E-state index contributed by atoms with van der Waals surface area (Å²) in [5.41, 5.74) is 7.33. The molecule has 8 nitrogen and oxygen atoms in total. The minimum Gasteiger partial charge on any atom is -0.495 e. The van der Waals surface area contributed by atoms with Crippen LogP contribution in [0.25, 0.3) is 0 Å². The molecule has 188 valence electrons. The number of benzene rings is 1. The van der Waals surface area contributed by atoms with E-state index in [0.717, 1.165) is 45.0 Å². The molecule has 2 saturated heterocycles. The molecule has 0 bridgehead atoms. The second-order valence-corrected chi connectivity index (χ2v) is 10.1. The number of dihydropyridines is 1. The molecule has 4 aliphatic heterocycles. The molecule has 3 unspecified atom stereocenters. The number of nitrogens with zero attached hydrogens (tertiary/aromatic N) is 3. The summed E-state index contributed by atoms with van der Waals surface area (Å²) in [5.74, 6) is 1.68. The minimum atomic E-state index is 0.0624. The Bertz CT molecular complexity index is 1010. The lowest BCUT2D eigenvalue weighted by molar-refractivity contribution is -0.123. The number of anilines is 1. The number of para-hydroxylation sites is 2. The van der Waals surface area contributed by atoms with E-state index in [1.54, 1.807) is 7.11 Å². The third-order valence-electron chi connectivity index (χ3n) is 7.59. The van der Waals surface area contributed by atoms with E-state index in [4.69, 9.17) is 4.74 Å². The summed E-state index contributed by atoms with van der Waals surface area (Å²) in [6.07, 6.45) is 8.99. The fourth-order valence-corrected chi connectivity index (χ4v) is 5.78. The Hall–Kier alpha value is -2.97. The zero-order chi connectivity index (χ0) is 24.4. The van der Waals surface area contributed by atoms with E-state index in [9.17, 15) is 4.79 Å². The van der Waals surface area contributed by atoms with Gasteiger partial charge in [0.15, 0.2) is 0 Å². The van der Waals surface area contributed by atoms with E-state index in [1.807, 2.05) is 18.3 Å². The van der Waals surface area contributed by atoms with Gasteiger partial charge in [0.2, 0.25) is 5.91 Å². The standard InChI is InChI=1S/C27H38N6O2/c1-19(2)26-25-20(17-24(34)30-26)18-33(27-21(25)7-6-10-28-27)29-11-12-31-13-15-32(16-14-31)22-8-4-5-9-23(22)35-3/h4-10,18-19,25-29H,11-17H2,1-3H3,(H,30,34). The molecule has 0 saturated carbocycles. The number of carbonyl (C=O) groups excluding carboxylic acids is 1. The molecule has 0 spiro atoms. The van der Waals surface area contributed by atoms with Crippen LogP contribution in [-0.4, -0.2) is 74.4 Å². The summed E-state index contributed by atoms with van der Waals surface area (Å²) >= 11 is 0. The van der Waals surface area contributed by atoms with Crippen molar-refractivity contribution in [2.24, 2.45) is 11.8 Å². The number of amides is 1. The summed E-state index contributed by atoms with van der Waals surface area (Å²) in [5, 5.41) is 8.93. The number of ether oxygens (including phenoxy) is 1. The molecule has 4 heterocycles. The number of methoxy groups -OCH3 is 1. The highest BCUT2D eigenvalue weighted by Crippen LogP contribution is 2.39. The van der Waals surface area contributed by atoms with Gasteiger partial charge in [0.05, 0.1) is 19.2 Å². The first kappa shape index (κ1) is 23.8. The first-order valence-electron chi connectivity index (χ1n) is 12.8. The molecule has 8 heteroatoms. The van der Waals surface area contributed by atoms with Gasteiger partial charge in [0.25, 0.3) is 0 Å². The second kappa shape index (κ2) is 10.3. The Labute approximate surface area is 208 Å². The lowest BCUT2D eigenvalue weighted by Gasteiger charge is -2.48. The number of hydrazine groups is 1. The van der Waals surface area contributed by atoms with E-state index in [1.165, 1.54) is 16.8 Å². The SMILES string of the molecule is COc1ccccc1N1CCN(CCNN2C=C3CC(=O)NC(C(C)C)C3C3=CC=CNC32)CC1. The summed E-state index contributed by atoms with van der Waals surface area (Å²) in [7, 11) is 1.74. The Morgan fingerprint density at radius 1 is 1.17 bits per heavy atom. The lowest BCUT2D eigenvalue weighted by Crippen LogP contribution is -2.60. The van der Waals surface area contributed by atoms with Gasteiger partial charge in [-0.05, 0) is 41.5 Å². The Kier molecular flexibility index (Phi) is 7.02. The van der Waals surface area contributed by atoms with Crippen LogP contribution >= 0.6 is 0 Å². The highest BCUT2D eigenvalue weighted by molar-refractivity contribution is 5.81. The van der Waals surface area contributed by atoms with Gasteiger partial charge in [-0.15, -0.1) is 0 Å². The number of allylic oxidation sites excluding steroid dienone is 2. The van der Waals surface area contributed by atoms with Crippen LogP contribution in [0.1, 0.15) is 20.3 Å². The van der Waals surface area contributed by atoms with Crippen molar-refractivity contribution < 1.29 is 9.53 Å².